The predicted octanol–water partition coefficient (Wildman–Crippen LogP) is 3.39. The summed E-state index contributed by atoms with van der Waals surface area (Å²) in [7, 11) is 0. The van der Waals surface area contributed by atoms with E-state index in [1.807, 2.05) is 12.1 Å². The number of phenols is 1. The van der Waals surface area contributed by atoms with E-state index in [1.54, 1.807) is 0 Å². The Balaban J connectivity index is 1.94. The SMILES string of the molecule is Cc1ccc(O)c2c1C(C)CC2NC1CCC1. The highest BCUT2D eigenvalue weighted by atomic mass is 16.3. The van der Waals surface area contributed by atoms with Gasteiger partial charge in [0.05, 0.1) is 0 Å². The molecule has 0 aromatic heterocycles. The van der Waals surface area contributed by atoms with Crippen LogP contribution in [0.15, 0.2) is 12.1 Å². The molecule has 0 aliphatic heterocycles. The van der Waals surface area contributed by atoms with Crippen LogP contribution in [0.25, 0.3) is 0 Å². The summed E-state index contributed by atoms with van der Waals surface area (Å²) in [5, 5.41) is 13.8. The molecule has 0 saturated heterocycles. The van der Waals surface area contributed by atoms with Crippen LogP contribution in [0, 0.1) is 6.92 Å². The first-order chi connectivity index (χ1) is 8.16. The maximum absolute atomic E-state index is 10.1. The third-order valence-electron chi connectivity index (χ3n) is 4.45. The molecule has 2 unspecified atom stereocenters. The number of hydrogen-bond donors (Lipinski definition) is 2. The quantitative estimate of drug-likeness (QED) is 0.817. The molecule has 17 heavy (non-hydrogen) atoms. The van der Waals surface area contributed by atoms with Gasteiger partial charge in [0.25, 0.3) is 0 Å². The fraction of sp³-hybridized carbons (Fsp3) is 0.600. The van der Waals surface area contributed by atoms with Crippen molar-refractivity contribution in [3.63, 3.8) is 0 Å². The number of aryl methyl sites for hydroxylation is 1. The van der Waals surface area contributed by atoms with E-state index >= 15 is 0 Å². The van der Waals surface area contributed by atoms with Crippen LogP contribution in [0.4, 0.5) is 0 Å². The lowest BCUT2D eigenvalue weighted by Gasteiger charge is -2.30. The van der Waals surface area contributed by atoms with Gasteiger partial charge in [-0.3, -0.25) is 0 Å². The molecule has 0 radical (unpaired) electrons. The molecular formula is C15H21NO. The van der Waals surface area contributed by atoms with Crippen molar-refractivity contribution in [3.8, 4) is 5.75 Å². The number of aromatic hydroxyl groups is 1. The zero-order valence-corrected chi connectivity index (χ0v) is 10.7. The molecule has 92 valence electrons. The minimum absolute atomic E-state index is 0.366. The van der Waals surface area contributed by atoms with Crippen molar-refractivity contribution in [1.82, 2.24) is 5.32 Å². The van der Waals surface area contributed by atoms with Crippen molar-refractivity contribution in [3.05, 3.63) is 28.8 Å². The van der Waals surface area contributed by atoms with Gasteiger partial charge in [-0.05, 0) is 49.3 Å². The highest BCUT2D eigenvalue weighted by Gasteiger charge is 2.34. The molecule has 3 rings (SSSR count). The lowest BCUT2D eigenvalue weighted by atomic mass is 9.91. The van der Waals surface area contributed by atoms with Gasteiger partial charge in [-0.25, -0.2) is 0 Å². The van der Waals surface area contributed by atoms with E-state index < -0.39 is 0 Å². The smallest absolute Gasteiger partial charge is 0.120 e. The summed E-state index contributed by atoms with van der Waals surface area (Å²) in [5.74, 6) is 1.04. The summed E-state index contributed by atoms with van der Waals surface area (Å²) >= 11 is 0. The minimum Gasteiger partial charge on any atom is -0.508 e. The van der Waals surface area contributed by atoms with Crippen molar-refractivity contribution in [1.29, 1.82) is 0 Å². The molecule has 2 aliphatic rings. The Kier molecular flexibility index (Phi) is 2.62. The van der Waals surface area contributed by atoms with Crippen LogP contribution in [-0.2, 0) is 0 Å². The molecule has 1 fully saturated rings. The lowest BCUT2D eigenvalue weighted by Crippen LogP contribution is -2.37. The van der Waals surface area contributed by atoms with Crippen LogP contribution >= 0.6 is 0 Å². The molecule has 0 heterocycles. The first-order valence-electron chi connectivity index (χ1n) is 6.75. The number of benzene rings is 1. The molecule has 0 bridgehead atoms. The van der Waals surface area contributed by atoms with Crippen LogP contribution in [0.5, 0.6) is 5.75 Å². The van der Waals surface area contributed by atoms with Crippen molar-refractivity contribution < 1.29 is 5.11 Å². The molecule has 0 amide bonds. The number of rotatable bonds is 2. The summed E-state index contributed by atoms with van der Waals surface area (Å²) in [6.07, 6.45) is 5.08. The van der Waals surface area contributed by atoms with Gasteiger partial charge in [-0.15, -0.1) is 0 Å². The van der Waals surface area contributed by atoms with Crippen LogP contribution < -0.4 is 5.32 Å². The first-order valence-corrected chi connectivity index (χ1v) is 6.75. The zero-order chi connectivity index (χ0) is 12.0. The van der Waals surface area contributed by atoms with Gasteiger partial charge in [0.1, 0.15) is 5.75 Å². The molecule has 2 atom stereocenters. The Labute approximate surface area is 103 Å². The van der Waals surface area contributed by atoms with Crippen LogP contribution in [0.1, 0.15) is 61.3 Å². The van der Waals surface area contributed by atoms with Gasteiger partial charge in [0.15, 0.2) is 0 Å². The van der Waals surface area contributed by atoms with Gasteiger partial charge in [-0.1, -0.05) is 19.4 Å². The van der Waals surface area contributed by atoms with Crippen LogP contribution in [-0.4, -0.2) is 11.1 Å². The van der Waals surface area contributed by atoms with E-state index in [1.165, 1.54) is 36.0 Å². The monoisotopic (exact) mass is 231 g/mol. The molecule has 1 saturated carbocycles. The molecule has 2 N–H and O–H groups in total. The lowest BCUT2D eigenvalue weighted by molar-refractivity contribution is 0.298. The second kappa shape index (κ2) is 4.02. The van der Waals surface area contributed by atoms with Crippen molar-refractivity contribution in [2.75, 3.05) is 0 Å². The van der Waals surface area contributed by atoms with Gasteiger partial charge in [-0.2, -0.15) is 0 Å². The standard InChI is InChI=1S/C15H21NO/c1-9-6-7-13(17)15-12(8-10(2)14(9)15)16-11-4-3-5-11/h6-7,10-12,16-17H,3-5,8H2,1-2H3. The summed E-state index contributed by atoms with van der Waals surface area (Å²) < 4.78 is 0. The summed E-state index contributed by atoms with van der Waals surface area (Å²) in [6, 6.07) is 4.93. The topological polar surface area (TPSA) is 32.3 Å². The molecular weight excluding hydrogens is 210 g/mol. The fourth-order valence-electron chi connectivity index (χ4n) is 3.35. The highest BCUT2D eigenvalue weighted by molar-refractivity contribution is 5.50. The van der Waals surface area contributed by atoms with Crippen LogP contribution in [0.2, 0.25) is 0 Å². The second-order valence-electron chi connectivity index (χ2n) is 5.71. The van der Waals surface area contributed by atoms with Crippen LogP contribution in [0.3, 0.4) is 0 Å². The van der Waals surface area contributed by atoms with Gasteiger partial charge in [0.2, 0.25) is 0 Å². The van der Waals surface area contributed by atoms with Crippen molar-refractivity contribution >= 4 is 0 Å². The predicted molar refractivity (Wildman–Crippen MR) is 69.4 cm³/mol. The largest absolute Gasteiger partial charge is 0.508 e. The molecule has 0 spiro atoms. The molecule has 2 aliphatic carbocycles. The third kappa shape index (κ3) is 1.75. The Morgan fingerprint density at radius 2 is 2.00 bits per heavy atom. The maximum Gasteiger partial charge on any atom is 0.120 e. The van der Waals surface area contributed by atoms with E-state index in [4.69, 9.17) is 0 Å². The van der Waals surface area contributed by atoms with Crippen molar-refractivity contribution in [2.45, 2.75) is 57.5 Å². The number of hydrogen-bond acceptors (Lipinski definition) is 2. The Hall–Kier alpha value is -1.02. The van der Waals surface area contributed by atoms with E-state index in [-0.39, 0.29) is 0 Å². The van der Waals surface area contributed by atoms with E-state index in [0.717, 1.165) is 6.42 Å². The zero-order valence-electron chi connectivity index (χ0n) is 10.7. The first kappa shape index (κ1) is 11.1. The summed E-state index contributed by atoms with van der Waals surface area (Å²) in [5.41, 5.74) is 3.87. The maximum atomic E-state index is 10.1. The molecule has 1 aromatic rings. The van der Waals surface area contributed by atoms with Gasteiger partial charge >= 0.3 is 0 Å². The average Bonchev–Trinajstić information content (AvgIpc) is 2.56. The molecule has 1 aromatic carbocycles. The summed E-state index contributed by atoms with van der Waals surface area (Å²) in [6.45, 7) is 4.42. The fourth-order valence-corrected chi connectivity index (χ4v) is 3.35. The number of phenolic OH excluding ortho intramolecular Hbond substituents is 1. The normalized spacial score (nSPS) is 27.9. The Morgan fingerprint density at radius 3 is 2.65 bits per heavy atom. The van der Waals surface area contributed by atoms with E-state index in [2.05, 4.69) is 19.2 Å². The molecule has 2 heteroatoms. The molecule has 2 nitrogen and oxygen atoms in total. The van der Waals surface area contributed by atoms with Gasteiger partial charge in [0, 0.05) is 17.6 Å². The Bertz CT molecular complexity index is 437. The third-order valence-corrected chi connectivity index (χ3v) is 4.45. The summed E-state index contributed by atoms with van der Waals surface area (Å²) in [4.78, 5) is 0. The van der Waals surface area contributed by atoms with Crippen molar-refractivity contribution in [2.24, 2.45) is 0 Å². The van der Waals surface area contributed by atoms with Gasteiger partial charge < -0.3 is 10.4 Å². The highest BCUT2D eigenvalue weighted by Crippen LogP contribution is 2.46. The number of nitrogens with one attached hydrogen (secondary N) is 1. The Morgan fingerprint density at radius 1 is 1.24 bits per heavy atom. The second-order valence-corrected chi connectivity index (χ2v) is 5.71. The minimum atomic E-state index is 0.366. The number of fused-ring (bicyclic) bond motifs is 1. The van der Waals surface area contributed by atoms with E-state index in [0.29, 0.717) is 23.8 Å². The van der Waals surface area contributed by atoms with E-state index in [9.17, 15) is 5.11 Å². The average molecular weight is 231 g/mol.